The summed E-state index contributed by atoms with van der Waals surface area (Å²) in [6.45, 7) is -0.0918. The fourth-order valence-corrected chi connectivity index (χ4v) is 1.28. The van der Waals surface area contributed by atoms with Crippen LogP contribution in [0.1, 0.15) is 0 Å². The third-order valence-corrected chi connectivity index (χ3v) is 2.32. The number of carbonyl (C=O) groups is 2. The minimum atomic E-state index is -0.956. The van der Waals surface area contributed by atoms with E-state index in [1.807, 2.05) is 0 Å². The minimum Gasteiger partial charge on any atom is -0.468 e. The second-order valence-corrected chi connectivity index (χ2v) is 3.77. The number of nitrogens with zero attached hydrogens (tertiary/aromatic N) is 1. The van der Waals surface area contributed by atoms with Gasteiger partial charge in [-0.25, -0.2) is 4.79 Å². The molecule has 0 fully saturated rings. The van der Waals surface area contributed by atoms with Crippen LogP contribution in [0.4, 0.5) is 16.2 Å². The molecule has 0 aliphatic rings. The number of nitrogens with two attached hydrogens (primary N) is 1. The van der Waals surface area contributed by atoms with E-state index in [0.717, 1.165) is 0 Å². The van der Waals surface area contributed by atoms with E-state index in [9.17, 15) is 19.7 Å². The van der Waals surface area contributed by atoms with Crippen LogP contribution in [0.15, 0.2) is 24.3 Å². The van der Waals surface area contributed by atoms with E-state index < -0.39 is 23.0 Å². The highest BCUT2D eigenvalue weighted by molar-refractivity contribution is 5.89. The first-order valence-corrected chi connectivity index (χ1v) is 5.56. The number of benzene rings is 1. The number of esters is 1. The zero-order valence-electron chi connectivity index (χ0n) is 11.1. The van der Waals surface area contributed by atoms with Crippen LogP contribution < -0.4 is 16.4 Å². The molecule has 0 heterocycles. The number of urea groups is 1. The molecule has 0 aliphatic heterocycles. The Labute approximate surface area is 126 Å². The normalized spacial score (nSPS) is 10.8. The van der Waals surface area contributed by atoms with Crippen molar-refractivity contribution in [3.63, 3.8) is 0 Å². The van der Waals surface area contributed by atoms with Gasteiger partial charge in [-0.2, -0.15) is 0 Å². The van der Waals surface area contributed by atoms with E-state index in [1.165, 1.54) is 31.4 Å². The van der Waals surface area contributed by atoms with Crippen LogP contribution in [-0.2, 0) is 9.53 Å². The average Bonchev–Trinajstić information content (AvgIpc) is 2.44. The Morgan fingerprint density at radius 2 is 1.95 bits per heavy atom. The standard InChI is InChI=1S/C11H14N4O5.ClH/c1-20-10(16)9(12)6-13-11(17)14-7-2-4-8(5-3-7)15(18)19;/h2-5,9H,6,12H2,1H3,(H2,13,14,17);1H/t9-;/m0./s1. The molecule has 9 nitrogen and oxygen atoms in total. The molecule has 0 saturated carbocycles. The summed E-state index contributed by atoms with van der Waals surface area (Å²) in [5.41, 5.74) is 5.73. The average molecular weight is 319 g/mol. The Morgan fingerprint density at radius 1 is 1.38 bits per heavy atom. The molecule has 1 aromatic rings. The zero-order valence-corrected chi connectivity index (χ0v) is 11.9. The molecular formula is C11H15ClN4O5. The second kappa shape index (κ2) is 8.72. The Hall–Kier alpha value is -2.39. The highest BCUT2D eigenvalue weighted by Gasteiger charge is 2.14. The number of hydrogen-bond donors (Lipinski definition) is 3. The predicted octanol–water partition coefficient (Wildman–Crippen LogP) is 0.638. The van der Waals surface area contributed by atoms with Gasteiger partial charge in [0.2, 0.25) is 0 Å². The lowest BCUT2D eigenvalue weighted by molar-refractivity contribution is -0.384. The van der Waals surface area contributed by atoms with Gasteiger partial charge in [-0.15, -0.1) is 12.4 Å². The lowest BCUT2D eigenvalue weighted by atomic mass is 10.3. The van der Waals surface area contributed by atoms with Crippen LogP contribution in [0.25, 0.3) is 0 Å². The maximum absolute atomic E-state index is 11.5. The molecule has 4 N–H and O–H groups in total. The number of amides is 2. The number of ether oxygens (including phenoxy) is 1. The van der Waals surface area contributed by atoms with Crippen molar-refractivity contribution in [1.82, 2.24) is 5.32 Å². The molecule has 1 atom stereocenters. The lowest BCUT2D eigenvalue weighted by Gasteiger charge is -2.11. The van der Waals surface area contributed by atoms with Crippen LogP contribution in [0.2, 0.25) is 0 Å². The van der Waals surface area contributed by atoms with E-state index in [1.54, 1.807) is 0 Å². The lowest BCUT2D eigenvalue weighted by Crippen LogP contribution is -2.44. The van der Waals surface area contributed by atoms with Gasteiger partial charge in [0.15, 0.2) is 0 Å². The van der Waals surface area contributed by atoms with Crippen molar-refractivity contribution in [3.05, 3.63) is 34.4 Å². The molecule has 0 saturated heterocycles. The number of methoxy groups -OCH3 is 1. The Morgan fingerprint density at radius 3 is 2.43 bits per heavy atom. The molecule has 0 aliphatic carbocycles. The summed E-state index contributed by atoms with van der Waals surface area (Å²) in [6.07, 6.45) is 0. The number of hydrogen-bond acceptors (Lipinski definition) is 6. The first kappa shape index (κ1) is 18.6. The molecule has 1 aromatic carbocycles. The number of rotatable bonds is 5. The van der Waals surface area contributed by atoms with Crippen molar-refractivity contribution in [2.45, 2.75) is 6.04 Å². The molecule has 0 radical (unpaired) electrons. The van der Waals surface area contributed by atoms with Gasteiger partial charge >= 0.3 is 12.0 Å². The van der Waals surface area contributed by atoms with E-state index >= 15 is 0 Å². The number of anilines is 1. The maximum Gasteiger partial charge on any atom is 0.324 e. The van der Waals surface area contributed by atoms with Gasteiger partial charge in [0, 0.05) is 24.4 Å². The van der Waals surface area contributed by atoms with E-state index in [2.05, 4.69) is 15.4 Å². The Kier molecular flexibility index (Phi) is 7.72. The monoisotopic (exact) mass is 318 g/mol. The Bertz CT molecular complexity index is 508. The van der Waals surface area contributed by atoms with Crippen molar-refractivity contribution < 1.29 is 19.2 Å². The molecule has 1 rings (SSSR count). The molecule has 0 bridgehead atoms. The van der Waals surface area contributed by atoms with Crippen LogP contribution in [-0.4, -0.2) is 36.6 Å². The van der Waals surface area contributed by atoms with Crippen molar-refractivity contribution >= 4 is 35.8 Å². The fourth-order valence-electron chi connectivity index (χ4n) is 1.28. The van der Waals surface area contributed by atoms with Crippen LogP contribution in [0.5, 0.6) is 0 Å². The number of halogens is 1. The zero-order chi connectivity index (χ0) is 15.1. The van der Waals surface area contributed by atoms with E-state index in [4.69, 9.17) is 5.73 Å². The first-order chi connectivity index (χ1) is 9.43. The van der Waals surface area contributed by atoms with E-state index in [0.29, 0.717) is 5.69 Å². The van der Waals surface area contributed by atoms with Gasteiger partial charge in [-0.1, -0.05) is 0 Å². The summed E-state index contributed by atoms with van der Waals surface area (Å²) in [5, 5.41) is 15.3. The molecule has 21 heavy (non-hydrogen) atoms. The summed E-state index contributed by atoms with van der Waals surface area (Å²) < 4.78 is 4.40. The summed E-state index contributed by atoms with van der Waals surface area (Å²) in [5.74, 6) is -0.638. The van der Waals surface area contributed by atoms with Crippen molar-refractivity contribution in [3.8, 4) is 0 Å². The molecule has 10 heteroatoms. The van der Waals surface area contributed by atoms with Gasteiger partial charge < -0.3 is 21.1 Å². The predicted molar refractivity (Wildman–Crippen MR) is 77.4 cm³/mol. The molecule has 0 spiro atoms. The topological polar surface area (TPSA) is 137 Å². The minimum absolute atomic E-state index is 0. The SMILES string of the molecule is COC(=O)[C@@H](N)CNC(=O)Nc1ccc([N+](=O)[O-])cc1.Cl. The number of nitro groups is 1. The number of nitrogens with one attached hydrogen (secondary N) is 2. The molecule has 2 amide bonds. The summed E-state index contributed by atoms with van der Waals surface area (Å²) in [7, 11) is 1.19. The number of non-ortho nitro benzene ring substituents is 1. The van der Waals surface area contributed by atoms with Crippen molar-refractivity contribution in [2.24, 2.45) is 5.73 Å². The summed E-state index contributed by atoms with van der Waals surface area (Å²) >= 11 is 0. The first-order valence-electron chi connectivity index (χ1n) is 5.56. The summed E-state index contributed by atoms with van der Waals surface area (Å²) in [4.78, 5) is 32.4. The molecule has 0 unspecified atom stereocenters. The molecule has 116 valence electrons. The van der Waals surface area contributed by atoms with Crippen LogP contribution >= 0.6 is 12.4 Å². The largest absolute Gasteiger partial charge is 0.468 e. The molecular weight excluding hydrogens is 304 g/mol. The fraction of sp³-hybridized carbons (Fsp3) is 0.273. The second-order valence-electron chi connectivity index (χ2n) is 3.77. The number of carbonyl (C=O) groups excluding carboxylic acids is 2. The molecule has 0 aromatic heterocycles. The van der Waals surface area contributed by atoms with Crippen molar-refractivity contribution in [1.29, 1.82) is 0 Å². The van der Waals surface area contributed by atoms with Crippen LogP contribution in [0.3, 0.4) is 0 Å². The van der Waals surface area contributed by atoms with Gasteiger partial charge in [-0.05, 0) is 12.1 Å². The quantitative estimate of drug-likeness (QED) is 0.414. The Balaban J connectivity index is 0.00000400. The highest BCUT2D eigenvalue weighted by atomic mass is 35.5. The van der Waals surface area contributed by atoms with Gasteiger partial charge in [0.25, 0.3) is 5.69 Å². The number of nitro benzene ring substituents is 1. The van der Waals surface area contributed by atoms with Gasteiger partial charge in [0.05, 0.1) is 12.0 Å². The van der Waals surface area contributed by atoms with E-state index in [-0.39, 0.29) is 24.6 Å². The highest BCUT2D eigenvalue weighted by Crippen LogP contribution is 2.14. The maximum atomic E-state index is 11.5. The smallest absolute Gasteiger partial charge is 0.324 e. The van der Waals surface area contributed by atoms with Gasteiger partial charge in [0.1, 0.15) is 6.04 Å². The van der Waals surface area contributed by atoms with Crippen molar-refractivity contribution in [2.75, 3.05) is 19.0 Å². The third kappa shape index (κ3) is 6.06. The third-order valence-electron chi connectivity index (χ3n) is 2.32. The summed E-state index contributed by atoms with van der Waals surface area (Å²) in [6, 6.07) is 3.75. The van der Waals surface area contributed by atoms with Gasteiger partial charge in [-0.3, -0.25) is 14.9 Å². The van der Waals surface area contributed by atoms with Crippen LogP contribution in [0, 0.1) is 10.1 Å².